The van der Waals surface area contributed by atoms with Crippen molar-refractivity contribution >= 4 is 17.0 Å². The lowest BCUT2D eigenvalue weighted by Gasteiger charge is -2.13. The molecule has 94 valence electrons. The monoisotopic (exact) mass is 245 g/mol. The van der Waals surface area contributed by atoms with Gasteiger partial charge in [0.2, 0.25) is 5.95 Å². The quantitative estimate of drug-likeness (QED) is 0.867. The molecule has 0 aliphatic heterocycles. The average molecular weight is 245 g/mol. The van der Waals surface area contributed by atoms with Crippen LogP contribution >= 0.6 is 0 Å². The zero-order chi connectivity index (χ0) is 12.2. The fraction of sp³-hybridized carbons (Fsp3) is 0.500. The molecule has 0 unspecified atom stereocenters. The standard InChI is InChI=1S/C14H16FN3/c15-10-3-4-11-12(7-10)18-13(17-11)16-8-14(5-6-14)9-1-2-9/h3-4,7,9H,1-2,5-6,8H2,(H2,16,17,18). The van der Waals surface area contributed by atoms with Crippen LogP contribution in [0.3, 0.4) is 0 Å². The van der Waals surface area contributed by atoms with Gasteiger partial charge in [-0.3, -0.25) is 0 Å². The van der Waals surface area contributed by atoms with Gasteiger partial charge in [0.25, 0.3) is 0 Å². The molecule has 2 fully saturated rings. The van der Waals surface area contributed by atoms with Crippen molar-refractivity contribution in [2.45, 2.75) is 25.7 Å². The van der Waals surface area contributed by atoms with Crippen molar-refractivity contribution in [3.8, 4) is 0 Å². The maximum atomic E-state index is 13.1. The number of rotatable bonds is 4. The first-order valence-electron chi connectivity index (χ1n) is 6.64. The second kappa shape index (κ2) is 3.46. The summed E-state index contributed by atoms with van der Waals surface area (Å²) < 4.78 is 13.1. The highest BCUT2D eigenvalue weighted by Gasteiger charge is 2.53. The fourth-order valence-corrected chi connectivity index (χ4v) is 2.91. The molecule has 18 heavy (non-hydrogen) atoms. The second-order valence-corrected chi connectivity index (χ2v) is 5.74. The molecule has 1 aromatic heterocycles. The Morgan fingerprint density at radius 2 is 2.22 bits per heavy atom. The van der Waals surface area contributed by atoms with Crippen molar-refractivity contribution in [2.75, 3.05) is 11.9 Å². The van der Waals surface area contributed by atoms with Gasteiger partial charge >= 0.3 is 0 Å². The van der Waals surface area contributed by atoms with Crippen molar-refractivity contribution in [3.05, 3.63) is 24.0 Å². The summed E-state index contributed by atoms with van der Waals surface area (Å²) >= 11 is 0. The van der Waals surface area contributed by atoms with E-state index in [1.807, 2.05) is 0 Å². The minimum Gasteiger partial charge on any atom is -0.355 e. The van der Waals surface area contributed by atoms with Gasteiger partial charge in [0.1, 0.15) is 5.82 Å². The minimum absolute atomic E-state index is 0.227. The van der Waals surface area contributed by atoms with Gasteiger partial charge in [0.15, 0.2) is 0 Å². The minimum atomic E-state index is -0.227. The molecule has 3 nitrogen and oxygen atoms in total. The zero-order valence-electron chi connectivity index (χ0n) is 10.2. The number of benzene rings is 1. The Bertz CT molecular complexity index is 596. The van der Waals surface area contributed by atoms with Crippen molar-refractivity contribution in [1.82, 2.24) is 9.97 Å². The molecule has 1 aromatic carbocycles. The number of nitrogens with one attached hydrogen (secondary N) is 2. The van der Waals surface area contributed by atoms with Crippen LogP contribution in [0.1, 0.15) is 25.7 Å². The van der Waals surface area contributed by atoms with Gasteiger partial charge in [0.05, 0.1) is 11.0 Å². The van der Waals surface area contributed by atoms with E-state index in [1.54, 1.807) is 6.07 Å². The summed E-state index contributed by atoms with van der Waals surface area (Å²) in [6, 6.07) is 4.64. The SMILES string of the molecule is Fc1ccc2nc(NCC3(C4CC4)CC3)[nH]c2c1. The van der Waals surface area contributed by atoms with Crippen LogP contribution in [0.15, 0.2) is 18.2 Å². The number of H-pyrrole nitrogens is 1. The number of nitrogens with zero attached hydrogens (tertiary/aromatic N) is 1. The van der Waals surface area contributed by atoms with Gasteiger partial charge in [-0.2, -0.15) is 0 Å². The third-order valence-electron chi connectivity index (χ3n) is 4.39. The third-order valence-corrected chi connectivity index (χ3v) is 4.39. The van der Waals surface area contributed by atoms with Gasteiger partial charge in [-0.25, -0.2) is 9.37 Å². The Kier molecular flexibility index (Phi) is 1.99. The number of imidazole rings is 1. The van der Waals surface area contributed by atoms with Gasteiger partial charge in [0, 0.05) is 6.54 Å². The summed E-state index contributed by atoms with van der Waals surface area (Å²) in [5.41, 5.74) is 2.12. The lowest BCUT2D eigenvalue weighted by molar-refractivity contribution is 0.466. The topological polar surface area (TPSA) is 40.7 Å². The molecule has 4 rings (SSSR count). The Labute approximate surface area is 105 Å². The van der Waals surface area contributed by atoms with Crippen molar-refractivity contribution in [1.29, 1.82) is 0 Å². The smallest absolute Gasteiger partial charge is 0.201 e. The number of fused-ring (bicyclic) bond motifs is 1. The molecule has 1 heterocycles. The van der Waals surface area contributed by atoms with Crippen LogP contribution < -0.4 is 5.32 Å². The van der Waals surface area contributed by atoms with E-state index >= 15 is 0 Å². The van der Waals surface area contributed by atoms with Crippen LogP contribution in [0.2, 0.25) is 0 Å². The van der Waals surface area contributed by atoms with E-state index < -0.39 is 0 Å². The summed E-state index contributed by atoms with van der Waals surface area (Å²) in [6.45, 7) is 1.000. The zero-order valence-corrected chi connectivity index (χ0v) is 10.2. The molecule has 2 aromatic rings. The van der Waals surface area contributed by atoms with E-state index in [9.17, 15) is 4.39 Å². The summed E-state index contributed by atoms with van der Waals surface area (Å²) in [5.74, 6) is 1.48. The number of hydrogen-bond acceptors (Lipinski definition) is 2. The molecule has 0 bridgehead atoms. The molecule has 2 aliphatic carbocycles. The highest BCUT2D eigenvalue weighted by Crippen LogP contribution is 2.61. The molecule has 0 spiro atoms. The number of halogens is 1. The first-order chi connectivity index (χ1) is 8.75. The summed E-state index contributed by atoms with van der Waals surface area (Å²) in [6.07, 6.45) is 5.49. The van der Waals surface area contributed by atoms with Gasteiger partial charge in [-0.1, -0.05) is 0 Å². The van der Waals surface area contributed by atoms with Crippen molar-refractivity contribution in [3.63, 3.8) is 0 Å². The predicted octanol–water partition coefficient (Wildman–Crippen LogP) is 3.30. The van der Waals surface area contributed by atoms with Crippen LogP contribution in [0, 0.1) is 17.2 Å². The summed E-state index contributed by atoms with van der Waals surface area (Å²) in [4.78, 5) is 7.56. The fourth-order valence-electron chi connectivity index (χ4n) is 2.91. The Morgan fingerprint density at radius 1 is 1.39 bits per heavy atom. The first-order valence-corrected chi connectivity index (χ1v) is 6.64. The highest BCUT2D eigenvalue weighted by molar-refractivity contribution is 5.77. The summed E-state index contributed by atoms with van der Waals surface area (Å²) in [5, 5.41) is 3.39. The first kappa shape index (κ1) is 10.4. The Morgan fingerprint density at radius 3 is 2.94 bits per heavy atom. The van der Waals surface area contributed by atoms with Gasteiger partial charge < -0.3 is 10.3 Å². The lowest BCUT2D eigenvalue weighted by Crippen LogP contribution is -2.17. The van der Waals surface area contributed by atoms with Crippen molar-refractivity contribution < 1.29 is 4.39 Å². The Hall–Kier alpha value is -1.58. The lowest BCUT2D eigenvalue weighted by atomic mass is 10.0. The molecule has 0 radical (unpaired) electrons. The van der Waals surface area contributed by atoms with Gasteiger partial charge in [-0.15, -0.1) is 0 Å². The van der Waals surface area contributed by atoms with Crippen LogP contribution in [-0.2, 0) is 0 Å². The molecule has 2 saturated carbocycles. The molecule has 2 N–H and O–H groups in total. The van der Waals surface area contributed by atoms with Gasteiger partial charge in [-0.05, 0) is 55.2 Å². The van der Waals surface area contributed by atoms with Crippen LogP contribution in [-0.4, -0.2) is 16.5 Å². The Balaban J connectivity index is 1.52. The maximum absolute atomic E-state index is 13.1. The predicted molar refractivity (Wildman–Crippen MR) is 68.9 cm³/mol. The maximum Gasteiger partial charge on any atom is 0.201 e. The van der Waals surface area contributed by atoms with E-state index in [1.165, 1.54) is 37.8 Å². The number of aromatic nitrogens is 2. The second-order valence-electron chi connectivity index (χ2n) is 5.74. The van der Waals surface area contributed by atoms with E-state index in [4.69, 9.17) is 0 Å². The molecule has 0 saturated heterocycles. The van der Waals surface area contributed by atoms with Crippen LogP contribution in [0.4, 0.5) is 10.3 Å². The molecule has 2 aliphatic rings. The number of anilines is 1. The van der Waals surface area contributed by atoms with E-state index in [2.05, 4.69) is 15.3 Å². The molecule has 0 atom stereocenters. The molecule has 4 heteroatoms. The average Bonchev–Trinajstić information content (AvgIpc) is 3.22. The van der Waals surface area contributed by atoms with Crippen LogP contribution in [0.5, 0.6) is 0 Å². The van der Waals surface area contributed by atoms with E-state index in [0.29, 0.717) is 5.41 Å². The molecule has 0 amide bonds. The number of hydrogen-bond donors (Lipinski definition) is 2. The summed E-state index contributed by atoms with van der Waals surface area (Å²) in [7, 11) is 0. The third kappa shape index (κ3) is 1.67. The number of aromatic amines is 1. The van der Waals surface area contributed by atoms with E-state index in [-0.39, 0.29) is 5.82 Å². The normalized spacial score (nSPS) is 21.2. The van der Waals surface area contributed by atoms with Crippen molar-refractivity contribution in [2.24, 2.45) is 11.3 Å². The van der Waals surface area contributed by atoms with Crippen LogP contribution in [0.25, 0.3) is 11.0 Å². The van der Waals surface area contributed by atoms with E-state index in [0.717, 1.165) is 29.4 Å². The highest BCUT2D eigenvalue weighted by atomic mass is 19.1. The largest absolute Gasteiger partial charge is 0.355 e. The molecular weight excluding hydrogens is 229 g/mol. The molecular formula is C14H16FN3.